The zero-order valence-corrected chi connectivity index (χ0v) is 17.0. The third-order valence-electron chi connectivity index (χ3n) is 4.57. The number of imide groups is 1. The van der Waals surface area contributed by atoms with Crippen LogP contribution in [0.4, 0.5) is 10.5 Å². The van der Waals surface area contributed by atoms with E-state index in [1.165, 1.54) is 0 Å². The molecule has 1 saturated heterocycles. The quantitative estimate of drug-likeness (QED) is 0.675. The lowest BCUT2D eigenvalue weighted by Gasteiger charge is -2.25. The van der Waals surface area contributed by atoms with Gasteiger partial charge in [0.15, 0.2) is 0 Å². The number of urea groups is 1. The SMILES string of the molecule is CCC1(c2ccc(Cl)cc2)NC(=O)N(CC(=O)Nc2c(Cl)cccc2Cl)C1=O. The van der Waals surface area contributed by atoms with E-state index >= 15 is 0 Å². The van der Waals surface area contributed by atoms with Crippen molar-refractivity contribution in [3.8, 4) is 0 Å². The Balaban J connectivity index is 1.81. The monoisotopic (exact) mass is 439 g/mol. The van der Waals surface area contributed by atoms with Crippen LogP contribution in [-0.2, 0) is 15.1 Å². The first kappa shape index (κ1) is 20.5. The van der Waals surface area contributed by atoms with E-state index in [1.807, 2.05) is 0 Å². The van der Waals surface area contributed by atoms with E-state index < -0.39 is 29.9 Å². The molecule has 9 heteroatoms. The Morgan fingerprint density at radius 1 is 1.07 bits per heavy atom. The number of nitrogens with zero attached hydrogens (tertiary/aromatic N) is 1. The molecule has 0 aliphatic carbocycles. The molecular formula is C19H16Cl3N3O3. The molecule has 2 N–H and O–H groups in total. The molecule has 1 heterocycles. The van der Waals surface area contributed by atoms with Crippen LogP contribution in [0, 0.1) is 0 Å². The van der Waals surface area contributed by atoms with Gasteiger partial charge in [-0.05, 0) is 36.2 Å². The Bertz CT molecular complexity index is 929. The van der Waals surface area contributed by atoms with Crippen molar-refractivity contribution < 1.29 is 14.4 Å². The number of hydrogen-bond acceptors (Lipinski definition) is 3. The number of halogens is 3. The third-order valence-corrected chi connectivity index (χ3v) is 5.45. The zero-order valence-electron chi connectivity index (χ0n) is 14.8. The summed E-state index contributed by atoms with van der Waals surface area (Å²) >= 11 is 18.0. The van der Waals surface area contributed by atoms with Crippen LogP contribution in [0.3, 0.4) is 0 Å². The standard InChI is InChI=1S/C19H16Cl3N3O3/c1-2-19(11-6-8-12(20)9-7-11)17(27)25(18(28)24-19)10-15(26)23-16-13(21)4-3-5-14(16)22/h3-9H,2,10H2,1H3,(H,23,26)(H,24,28). The van der Waals surface area contributed by atoms with Crippen molar-refractivity contribution in [2.75, 3.05) is 11.9 Å². The predicted octanol–water partition coefficient (Wildman–Crippen LogP) is 4.44. The molecule has 2 aromatic rings. The fraction of sp³-hybridized carbons (Fsp3) is 0.211. The fourth-order valence-electron chi connectivity index (χ4n) is 3.08. The van der Waals surface area contributed by atoms with E-state index in [-0.39, 0.29) is 15.7 Å². The topological polar surface area (TPSA) is 78.5 Å². The molecule has 0 aromatic heterocycles. The van der Waals surface area contributed by atoms with Crippen LogP contribution in [-0.4, -0.2) is 29.3 Å². The largest absolute Gasteiger partial charge is 0.325 e. The predicted molar refractivity (Wildman–Crippen MR) is 109 cm³/mol. The number of anilines is 1. The molecule has 0 saturated carbocycles. The molecular weight excluding hydrogens is 425 g/mol. The van der Waals surface area contributed by atoms with E-state index in [4.69, 9.17) is 34.8 Å². The van der Waals surface area contributed by atoms with Gasteiger partial charge in [-0.25, -0.2) is 4.79 Å². The first-order valence-electron chi connectivity index (χ1n) is 8.42. The number of rotatable bonds is 5. The van der Waals surface area contributed by atoms with Gasteiger partial charge in [-0.15, -0.1) is 0 Å². The second-order valence-corrected chi connectivity index (χ2v) is 7.48. The van der Waals surface area contributed by atoms with Crippen LogP contribution in [0.2, 0.25) is 15.1 Å². The van der Waals surface area contributed by atoms with Crippen molar-refractivity contribution in [2.24, 2.45) is 0 Å². The lowest BCUT2D eigenvalue weighted by Crippen LogP contribution is -2.44. The van der Waals surface area contributed by atoms with Crippen LogP contribution >= 0.6 is 34.8 Å². The number of amides is 4. The number of para-hydroxylation sites is 1. The summed E-state index contributed by atoms with van der Waals surface area (Å²) in [6.45, 7) is 1.31. The average molecular weight is 441 g/mol. The van der Waals surface area contributed by atoms with Crippen LogP contribution in [0.1, 0.15) is 18.9 Å². The van der Waals surface area contributed by atoms with Crippen LogP contribution in [0.25, 0.3) is 0 Å². The zero-order chi connectivity index (χ0) is 20.5. The molecule has 6 nitrogen and oxygen atoms in total. The molecule has 2 aromatic carbocycles. The summed E-state index contributed by atoms with van der Waals surface area (Å²) < 4.78 is 0. The maximum Gasteiger partial charge on any atom is 0.325 e. The summed E-state index contributed by atoms with van der Waals surface area (Å²) in [5.74, 6) is -1.11. The first-order chi connectivity index (χ1) is 13.3. The smallest absolute Gasteiger partial charge is 0.322 e. The number of benzene rings is 2. The Labute approximate surface area is 176 Å². The van der Waals surface area contributed by atoms with Gasteiger partial charge < -0.3 is 10.6 Å². The summed E-state index contributed by atoms with van der Waals surface area (Å²) in [7, 11) is 0. The van der Waals surface area contributed by atoms with Crippen LogP contribution in [0.5, 0.6) is 0 Å². The molecule has 0 bridgehead atoms. The number of nitrogens with one attached hydrogen (secondary N) is 2. The van der Waals surface area contributed by atoms with Gasteiger partial charge in [0.05, 0.1) is 15.7 Å². The minimum Gasteiger partial charge on any atom is -0.322 e. The van der Waals surface area contributed by atoms with Gasteiger partial charge in [0.2, 0.25) is 5.91 Å². The molecule has 1 aliphatic rings. The lowest BCUT2D eigenvalue weighted by atomic mass is 9.87. The Morgan fingerprint density at radius 2 is 1.68 bits per heavy atom. The van der Waals surface area contributed by atoms with Gasteiger partial charge in [0, 0.05) is 5.02 Å². The highest BCUT2D eigenvalue weighted by molar-refractivity contribution is 6.39. The van der Waals surface area contributed by atoms with Gasteiger partial charge >= 0.3 is 6.03 Å². The molecule has 4 amide bonds. The van der Waals surface area contributed by atoms with Gasteiger partial charge in [-0.2, -0.15) is 0 Å². The van der Waals surface area contributed by atoms with Crippen molar-refractivity contribution in [2.45, 2.75) is 18.9 Å². The van der Waals surface area contributed by atoms with Crippen LogP contribution < -0.4 is 10.6 Å². The molecule has 3 rings (SSSR count). The minimum atomic E-state index is -1.25. The number of carbonyl (C=O) groups is 3. The second-order valence-electron chi connectivity index (χ2n) is 6.23. The van der Waals surface area contributed by atoms with Crippen molar-refractivity contribution in [1.82, 2.24) is 10.2 Å². The molecule has 1 aliphatic heterocycles. The molecule has 1 unspecified atom stereocenters. The number of hydrogen-bond donors (Lipinski definition) is 2. The highest BCUT2D eigenvalue weighted by Crippen LogP contribution is 2.33. The van der Waals surface area contributed by atoms with Crippen molar-refractivity contribution in [3.63, 3.8) is 0 Å². The van der Waals surface area contributed by atoms with Crippen molar-refractivity contribution in [1.29, 1.82) is 0 Å². The number of carbonyl (C=O) groups excluding carboxylic acids is 3. The van der Waals surface area contributed by atoms with Crippen molar-refractivity contribution >= 4 is 58.3 Å². The van der Waals surface area contributed by atoms with Crippen molar-refractivity contribution in [3.05, 3.63) is 63.1 Å². The first-order valence-corrected chi connectivity index (χ1v) is 9.56. The average Bonchev–Trinajstić information content (AvgIpc) is 2.90. The molecule has 1 fully saturated rings. The van der Waals surface area contributed by atoms with E-state index in [0.717, 1.165) is 4.90 Å². The summed E-state index contributed by atoms with van der Waals surface area (Å²) in [6.07, 6.45) is 0.313. The van der Waals surface area contributed by atoms with Crippen LogP contribution in [0.15, 0.2) is 42.5 Å². The summed E-state index contributed by atoms with van der Waals surface area (Å²) in [4.78, 5) is 38.8. The Morgan fingerprint density at radius 3 is 2.25 bits per heavy atom. The van der Waals surface area contributed by atoms with Gasteiger partial charge in [-0.1, -0.05) is 59.9 Å². The normalized spacial score (nSPS) is 18.9. The second kappa shape index (κ2) is 7.99. The maximum absolute atomic E-state index is 13.1. The van der Waals surface area contributed by atoms with E-state index in [2.05, 4.69) is 10.6 Å². The van der Waals surface area contributed by atoms with E-state index in [9.17, 15) is 14.4 Å². The van der Waals surface area contributed by atoms with Gasteiger partial charge in [0.1, 0.15) is 12.1 Å². The maximum atomic E-state index is 13.1. The summed E-state index contributed by atoms with van der Waals surface area (Å²) in [6, 6.07) is 10.8. The molecule has 28 heavy (non-hydrogen) atoms. The summed E-state index contributed by atoms with van der Waals surface area (Å²) in [5, 5.41) is 6.27. The Hall–Kier alpha value is -2.28. The third kappa shape index (κ3) is 3.68. The summed E-state index contributed by atoms with van der Waals surface area (Å²) in [5.41, 5.74) is -0.429. The Kier molecular flexibility index (Phi) is 5.84. The highest BCUT2D eigenvalue weighted by Gasteiger charge is 2.51. The lowest BCUT2D eigenvalue weighted by molar-refractivity contribution is -0.134. The minimum absolute atomic E-state index is 0.224. The fourth-order valence-corrected chi connectivity index (χ4v) is 3.70. The van der Waals surface area contributed by atoms with E-state index in [0.29, 0.717) is 17.0 Å². The van der Waals surface area contributed by atoms with E-state index in [1.54, 1.807) is 49.4 Å². The molecule has 0 radical (unpaired) electrons. The molecule has 0 spiro atoms. The molecule has 146 valence electrons. The highest BCUT2D eigenvalue weighted by atomic mass is 35.5. The molecule has 1 atom stereocenters. The van der Waals surface area contributed by atoms with Gasteiger partial charge in [0.25, 0.3) is 5.91 Å². The van der Waals surface area contributed by atoms with Gasteiger partial charge in [-0.3, -0.25) is 14.5 Å².